The quantitative estimate of drug-likeness (QED) is 0.779. The minimum absolute atomic E-state index is 0.207. The van der Waals surface area contributed by atoms with Crippen molar-refractivity contribution in [3.05, 3.63) is 29.8 Å². The summed E-state index contributed by atoms with van der Waals surface area (Å²) in [5.41, 5.74) is 3.66. The van der Waals surface area contributed by atoms with Gasteiger partial charge in [-0.25, -0.2) is 9.18 Å². The third-order valence-electron chi connectivity index (χ3n) is 2.20. The molecule has 0 heterocycles. The van der Waals surface area contributed by atoms with E-state index in [0.29, 0.717) is 5.75 Å². The maximum absolute atomic E-state index is 12.6. The van der Waals surface area contributed by atoms with Crippen LogP contribution in [0.1, 0.15) is 5.56 Å². The second kappa shape index (κ2) is 4.27. The number of hydrogen-bond acceptors (Lipinski definition) is 3. The number of hydrogen-bond donors (Lipinski definition) is 2. The molecule has 82 valence electrons. The van der Waals surface area contributed by atoms with Gasteiger partial charge < -0.3 is 15.6 Å². The number of rotatable bonds is 4. The maximum atomic E-state index is 12.6. The Morgan fingerprint density at radius 3 is 2.40 bits per heavy atom. The molecule has 0 amide bonds. The number of nitrogens with two attached hydrogens (primary N) is 1. The Morgan fingerprint density at radius 1 is 1.53 bits per heavy atom. The van der Waals surface area contributed by atoms with E-state index >= 15 is 0 Å². The van der Waals surface area contributed by atoms with Crippen LogP contribution in [0.2, 0.25) is 0 Å². The van der Waals surface area contributed by atoms with Gasteiger partial charge in [-0.3, -0.25) is 0 Å². The largest absolute Gasteiger partial charge is 0.497 e. The minimum atomic E-state index is -1.98. The molecule has 0 saturated heterocycles. The molecule has 0 radical (unpaired) electrons. The fourth-order valence-electron chi connectivity index (χ4n) is 1.15. The molecular formula is C10H12FNO3. The Bertz CT molecular complexity index is 352. The summed E-state index contributed by atoms with van der Waals surface area (Å²) in [5.74, 6) is -0.833. The average Bonchev–Trinajstić information content (AvgIpc) is 2.28. The third kappa shape index (κ3) is 2.07. The highest BCUT2D eigenvalue weighted by Crippen LogP contribution is 2.22. The zero-order chi connectivity index (χ0) is 11.5. The molecule has 4 nitrogen and oxygen atoms in total. The fourth-order valence-corrected chi connectivity index (χ4v) is 1.15. The molecule has 0 bridgehead atoms. The molecule has 5 heteroatoms. The van der Waals surface area contributed by atoms with Crippen molar-refractivity contribution < 1.29 is 19.0 Å². The first-order valence-electron chi connectivity index (χ1n) is 4.27. The number of alkyl halides is 1. The highest BCUT2D eigenvalue weighted by Gasteiger charge is 2.36. The van der Waals surface area contributed by atoms with Crippen LogP contribution in [-0.2, 0) is 10.3 Å². The number of carboxylic acid groups (broad SMARTS) is 1. The van der Waals surface area contributed by atoms with Crippen LogP contribution in [0.15, 0.2) is 24.3 Å². The first-order valence-corrected chi connectivity index (χ1v) is 4.27. The van der Waals surface area contributed by atoms with Crippen molar-refractivity contribution in [2.45, 2.75) is 5.54 Å². The van der Waals surface area contributed by atoms with Crippen molar-refractivity contribution in [3.8, 4) is 5.75 Å². The lowest BCUT2D eigenvalue weighted by Crippen LogP contribution is -2.46. The molecule has 3 N–H and O–H groups in total. The summed E-state index contributed by atoms with van der Waals surface area (Å²) in [6.45, 7) is -1.16. The second-order valence-corrected chi connectivity index (χ2v) is 3.14. The monoisotopic (exact) mass is 213 g/mol. The van der Waals surface area contributed by atoms with Gasteiger partial charge in [-0.1, -0.05) is 12.1 Å². The summed E-state index contributed by atoms with van der Waals surface area (Å²) in [6.07, 6.45) is 0. The molecule has 0 saturated carbocycles. The molecule has 1 rings (SSSR count). The van der Waals surface area contributed by atoms with Crippen molar-refractivity contribution in [2.75, 3.05) is 13.8 Å². The lowest BCUT2D eigenvalue weighted by Gasteiger charge is -2.21. The topological polar surface area (TPSA) is 72.5 Å². The van der Waals surface area contributed by atoms with Crippen molar-refractivity contribution in [3.63, 3.8) is 0 Å². The van der Waals surface area contributed by atoms with Gasteiger partial charge in [0.1, 0.15) is 12.4 Å². The lowest BCUT2D eigenvalue weighted by atomic mass is 9.92. The number of halogens is 1. The number of benzene rings is 1. The molecule has 0 aliphatic heterocycles. The summed E-state index contributed by atoms with van der Waals surface area (Å²) in [7, 11) is 1.48. The highest BCUT2D eigenvalue weighted by atomic mass is 19.1. The molecule has 0 aromatic heterocycles. The summed E-state index contributed by atoms with van der Waals surface area (Å²) in [5, 5.41) is 8.82. The maximum Gasteiger partial charge on any atom is 0.331 e. The molecule has 1 aromatic carbocycles. The van der Waals surface area contributed by atoms with Crippen LogP contribution in [0, 0.1) is 0 Å². The summed E-state index contributed by atoms with van der Waals surface area (Å²) in [4.78, 5) is 10.8. The van der Waals surface area contributed by atoms with Gasteiger partial charge in [0.05, 0.1) is 7.11 Å². The van der Waals surface area contributed by atoms with Gasteiger partial charge in [-0.15, -0.1) is 0 Å². The van der Waals surface area contributed by atoms with Crippen LogP contribution in [0.5, 0.6) is 5.75 Å². The summed E-state index contributed by atoms with van der Waals surface area (Å²) >= 11 is 0. The van der Waals surface area contributed by atoms with Crippen molar-refractivity contribution in [1.82, 2.24) is 0 Å². The highest BCUT2D eigenvalue weighted by molar-refractivity contribution is 5.80. The summed E-state index contributed by atoms with van der Waals surface area (Å²) in [6, 6.07) is 5.95. The standard InChI is InChI=1S/C10H12FNO3/c1-15-8-4-2-7(3-5-8)10(12,6-11)9(13)14/h2-5H,6,12H2,1H3,(H,13,14). The van der Waals surface area contributed by atoms with Gasteiger partial charge in [0.2, 0.25) is 0 Å². The molecule has 0 aliphatic carbocycles. The van der Waals surface area contributed by atoms with Gasteiger partial charge in [0.25, 0.3) is 0 Å². The molecule has 1 unspecified atom stereocenters. The lowest BCUT2D eigenvalue weighted by molar-refractivity contribution is -0.144. The molecule has 0 fully saturated rings. The minimum Gasteiger partial charge on any atom is -0.497 e. The normalized spacial score (nSPS) is 14.3. The Labute approximate surface area is 86.5 Å². The number of carbonyl (C=O) groups is 1. The number of aliphatic carboxylic acids is 1. The second-order valence-electron chi connectivity index (χ2n) is 3.14. The van der Waals surface area contributed by atoms with Gasteiger partial charge in [0, 0.05) is 0 Å². The predicted molar refractivity (Wildman–Crippen MR) is 52.5 cm³/mol. The van der Waals surface area contributed by atoms with E-state index in [2.05, 4.69) is 0 Å². The van der Waals surface area contributed by atoms with E-state index < -0.39 is 18.2 Å². The number of ether oxygens (including phenoxy) is 1. The van der Waals surface area contributed by atoms with Crippen LogP contribution in [0.3, 0.4) is 0 Å². The first-order chi connectivity index (χ1) is 7.04. The third-order valence-corrected chi connectivity index (χ3v) is 2.20. The zero-order valence-corrected chi connectivity index (χ0v) is 8.24. The average molecular weight is 213 g/mol. The molecule has 1 aromatic rings. The van der Waals surface area contributed by atoms with E-state index in [1.165, 1.54) is 31.4 Å². The Balaban J connectivity index is 3.08. The van der Waals surface area contributed by atoms with Crippen LogP contribution in [0.25, 0.3) is 0 Å². The Kier molecular flexibility index (Phi) is 3.26. The van der Waals surface area contributed by atoms with E-state index in [-0.39, 0.29) is 5.56 Å². The summed E-state index contributed by atoms with van der Waals surface area (Å²) < 4.78 is 17.5. The Hall–Kier alpha value is -1.62. The van der Waals surface area contributed by atoms with Gasteiger partial charge in [-0.05, 0) is 17.7 Å². The zero-order valence-electron chi connectivity index (χ0n) is 8.24. The van der Waals surface area contributed by atoms with Gasteiger partial charge in [-0.2, -0.15) is 0 Å². The van der Waals surface area contributed by atoms with Crippen molar-refractivity contribution in [1.29, 1.82) is 0 Å². The first kappa shape index (κ1) is 11.5. The molecular weight excluding hydrogens is 201 g/mol. The van der Waals surface area contributed by atoms with Crippen molar-refractivity contribution in [2.24, 2.45) is 5.73 Å². The smallest absolute Gasteiger partial charge is 0.331 e. The number of carboxylic acids is 1. The van der Waals surface area contributed by atoms with Crippen LogP contribution < -0.4 is 10.5 Å². The van der Waals surface area contributed by atoms with E-state index in [4.69, 9.17) is 15.6 Å². The van der Waals surface area contributed by atoms with Crippen LogP contribution >= 0.6 is 0 Å². The molecule has 1 atom stereocenters. The fraction of sp³-hybridized carbons (Fsp3) is 0.300. The van der Waals surface area contributed by atoms with Crippen LogP contribution in [0.4, 0.5) is 4.39 Å². The van der Waals surface area contributed by atoms with Gasteiger partial charge >= 0.3 is 5.97 Å². The molecule has 15 heavy (non-hydrogen) atoms. The van der Waals surface area contributed by atoms with E-state index in [0.717, 1.165) is 0 Å². The van der Waals surface area contributed by atoms with E-state index in [1.807, 2.05) is 0 Å². The van der Waals surface area contributed by atoms with E-state index in [9.17, 15) is 9.18 Å². The molecule has 0 spiro atoms. The Morgan fingerprint density at radius 2 is 2.07 bits per heavy atom. The predicted octanol–water partition coefficient (Wildman–Crippen LogP) is 0.903. The SMILES string of the molecule is COc1ccc(C(N)(CF)C(=O)O)cc1. The molecule has 0 aliphatic rings. The van der Waals surface area contributed by atoms with Crippen LogP contribution in [-0.4, -0.2) is 24.9 Å². The van der Waals surface area contributed by atoms with E-state index in [1.54, 1.807) is 0 Å². The number of methoxy groups -OCH3 is 1. The van der Waals surface area contributed by atoms with Gasteiger partial charge in [0.15, 0.2) is 5.54 Å². The van der Waals surface area contributed by atoms with Crippen molar-refractivity contribution >= 4 is 5.97 Å².